The molecule has 7 heteroatoms. The van der Waals surface area contributed by atoms with Crippen molar-refractivity contribution in [1.82, 2.24) is 20.4 Å². The molecular formula is C13H23ClN4O2. The third-order valence-corrected chi connectivity index (χ3v) is 3.36. The quantitative estimate of drug-likeness (QED) is 0.754. The average Bonchev–Trinajstić information content (AvgIpc) is 2.93. The van der Waals surface area contributed by atoms with E-state index in [1.165, 1.54) is 0 Å². The van der Waals surface area contributed by atoms with Gasteiger partial charge in [-0.1, -0.05) is 0 Å². The average molecular weight is 303 g/mol. The van der Waals surface area contributed by atoms with Gasteiger partial charge in [0.1, 0.15) is 0 Å². The molecule has 2 rings (SSSR count). The van der Waals surface area contributed by atoms with Gasteiger partial charge in [-0.15, -0.1) is 12.4 Å². The summed E-state index contributed by atoms with van der Waals surface area (Å²) in [6, 6.07) is 0. The second kappa shape index (κ2) is 6.56. The lowest BCUT2D eigenvalue weighted by Gasteiger charge is -2.18. The highest BCUT2D eigenvalue weighted by atomic mass is 35.5. The lowest BCUT2D eigenvalue weighted by atomic mass is 10.1. The van der Waals surface area contributed by atoms with E-state index in [9.17, 15) is 9.90 Å². The first-order chi connectivity index (χ1) is 8.88. The summed E-state index contributed by atoms with van der Waals surface area (Å²) in [5.41, 5.74) is 0.416. The number of nitrogens with one attached hydrogen (secondary N) is 2. The van der Waals surface area contributed by atoms with Gasteiger partial charge in [-0.25, -0.2) is 0 Å². The highest BCUT2D eigenvalue weighted by Crippen LogP contribution is 2.13. The Kier molecular flexibility index (Phi) is 5.56. The fraction of sp³-hybridized carbons (Fsp3) is 0.692. The number of carbonyl (C=O) groups is 1. The molecule has 1 fully saturated rings. The molecule has 2 unspecified atom stereocenters. The van der Waals surface area contributed by atoms with Gasteiger partial charge < -0.3 is 15.7 Å². The third-order valence-electron chi connectivity index (χ3n) is 3.36. The Bertz CT molecular complexity index is 455. The fourth-order valence-corrected chi connectivity index (χ4v) is 2.06. The number of nitrogens with zero attached hydrogens (tertiary/aromatic N) is 2. The van der Waals surface area contributed by atoms with Crippen molar-refractivity contribution in [3.05, 3.63) is 18.0 Å². The second-order valence-corrected chi connectivity index (χ2v) is 6.04. The maximum absolute atomic E-state index is 12.0. The summed E-state index contributed by atoms with van der Waals surface area (Å²) in [4.78, 5) is 12.0. The molecular weight excluding hydrogens is 280 g/mol. The predicted molar refractivity (Wildman–Crippen MR) is 79.2 cm³/mol. The molecule has 0 bridgehead atoms. The first kappa shape index (κ1) is 16.9. The van der Waals surface area contributed by atoms with Crippen LogP contribution in [0.3, 0.4) is 0 Å². The minimum atomic E-state index is -0.377. The Balaban J connectivity index is 0.00000200. The summed E-state index contributed by atoms with van der Waals surface area (Å²) in [7, 11) is 0. The number of aliphatic hydroxyl groups excluding tert-OH is 1. The normalized spacial score (nSPS) is 22.4. The largest absolute Gasteiger partial charge is 0.391 e. The van der Waals surface area contributed by atoms with E-state index in [0.717, 1.165) is 6.54 Å². The molecule has 1 aromatic rings. The Morgan fingerprint density at radius 1 is 1.55 bits per heavy atom. The van der Waals surface area contributed by atoms with Crippen LogP contribution in [0.4, 0.5) is 0 Å². The van der Waals surface area contributed by atoms with Gasteiger partial charge in [0.25, 0.3) is 5.91 Å². The molecule has 0 radical (unpaired) electrons. The van der Waals surface area contributed by atoms with Crippen molar-refractivity contribution in [2.75, 3.05) is 19.6 Å². The number of amides is 1. The number of rotatable bonds is 3. The van der Waals surface area contributed by atoms with Crippen LogP contribution in [-0.2, 0) is 5.54 Å². The third kappa shape index (κ3) is 3.94. The van der Waals surface area contributed by atoms with Gasteiger partial charge in [-0.05, 0) is 20.8 Å². The molecule has 1 aliphatic heterocycles. The van der Waals surface area contributed by atoms with Crippen molar-refractivity contribution in [2.45, 2.75) is 32.4 Å². The fourth-order valence-electron chi connectivity index (χ4n) is 2.06. The second-order valence-electron chi connectivity index (χ2n) is 6.04. The van der Waals surface area contributed by atoms with Crippen LogP contribution in [0.5, 0.6) is 0 Å². The van der Waals surface area contributed by atoms with Crippen LogP contribution in [-0.4, -0.2) is 46.5 Å². The molecule has 0 saturated carbocycles. The summed E-state index contributed by atoms with van der Waals surface area (Å²) in [5.74, 6) is -0.0591. The van der Waals surface area contributed by atoms with E-state index in [-0.39, 0.29) is 35.9 Å². The van der Waals surface area contributed by atoms with Gasteiger partial charge in [0.2, 0.25) is 0 Å². The Labute approximate surface area is 125 Å². The topological polar surface area (TPSA) is 79.2 Å². The number of carbonyl (C=O) groups excluding carboxylic acids is 1. The van der Waals surface area contributed by atoms with Gasteiger partial charge in [0.05, 0.1) is 23.4 Å². The number of β-amino-alcohol motifs (C(OH)–C–C–N with tert-alkyl or cyclic N) is 1. The summed E-state index contributed by atoms with van der Waals surface area (Å²) < 4.78 is 1.77. The van der Waals surface area contributed by atoms with Crippen molar-refractivity contribution >= 4 is 18.3 Å². The number of aromatic nitrogens is 2. The van der Waals surface area contributed by atoms with E-state index < -0.39 is 0 Å². The van der Waals surface area contributed by atoms with Crippen LogP contribution in [0.25, 0.3) is 0 Å². The van der Waals surface area contributed by atoms with Crippen LogP contribution in [0, 0.1) is 5.92 Å². The molecule has 20 heavy (non-hydrogen) atoms. The minimum absolute atomic E-state index is 0. The Hall–Kier alpha value is -1.11. The molecule has 0 aliphatic carbocycles. The summed E-state index contributed by atoms with van der Waals surface area (Å²) in [5, 5.41) is 19.8. The molecule has 0 aromatic carbocycles. The summed E-state index contributed by atoms with van der Waals surface area (Å²) in [6.45, 7) is 7.91. The molecule has 2 atom stereocenters. The van der Waals surface area contributed by atoms with Crippen LogP contribution in [0.1, 0.15) is 31.1 Å². The molecule has 1 aliphatic rings. The monoisotopic (exact) mass is 302 g/mol. The number of hydrogen-bond acceptors (Lipinski definition) is 4. The van der Waals surface area contributed by atoms with Crippen LogP contribution in [0.2, 0.25) is 0 Å². The smallest absolute Gasteiger partial charge is 0.254 e. The van der Waals surface area contributed by atoms with E-state index in [0.29, 0.717) is 18.7 Å². The van der Waals surface area contributed by atoms with Crippen molar-refractivity contribution in [2.24, 2.45) is 5.92 Å². The maximum Gasteiger partial charge on any atom is 0.254 e. The highest BCUT2D eigenvalue weighted by molar-refractivity contribution is 5.93. The SMILES string of the molecule is CC(C)(C)n1cc(C(=O)NCC2CNCC2O)cn1.Cl. The predicted octanol–water partition coefficient (Wildman–Crippen LogP) is 0.370. The van der Waals surface area contributed by atoms with E-state index in [1.807, 2.05) is 20.8 Å². The molecule has 3 N–H and O–H groups in total. The molecule has 114 valence electrons. The van der Waals surface area contributed by atoms with E-state index >= 15 is 0 Å². The molecule has 6 nitrogen and oxygen atoms in total. The molecule has 0 spiro atoms. The van der Waals surface area contributed by atoms with Crippen molar-refractivity contribution < 1.29 is 9.90 Å². The van der Waals surface area contributed by atoms with Crippen LogP contribution < -0.4 is 10.6 Å². The van der Waals surface area contributed by atoms with Gasteiger partial charge in [0, 0.05) is 31.7 Å². The van der Waals surface area contributed by atoms with Gasteiger partial charge in [-0.2, -0.15) is 5.10 Å². The number of halogens is 1. The van der Waals surface area contributed by atoms with Crippen molar-refractivity contribution in [3.8, 4) is 0 Å². The number of aliphatic hydroxyl groups is 1. The lowest BCUT2D eigenvalue weighted by Crippen LogP contribution is -2.34. The zero-order valence-corrected chi connectivity index (χ0v) is 12.9. The first-order valence-electron chi connectivity index (χ1n) is 6.60. The summed E-state index contributed by atoms with van der Waals surface area (Å²) in [6.07, 6.45) is 2.94. The van der Waals surface area contributed by atoms with E-state index in [1.54, 1.807) is 17.1 Å². The zero-order chi connectivity index (χ0) is 14.0. The van der Waals surface area contributed by atoms with Crippen LogP contribution in [0.15, 0.2) is 12.4 Å². The maximum atomic E-state index is 12.0. The summed E-state index contributed by atoms with van der Waals surface area (Å²) >= 11 is 0. The Morgan fingerprint density at radius 2 is 2.25 bits per heavy atom. The van der Waals surface area contributed by atoms with E-state index in [2.05, 4.69) is 15.7 Å². The van der Waals surface area contributed by atoms with Crippen molar-refractivity contribution in [1.29, 1.82) is 0 Å². The van der Waals surface area contributed by atoms with Crippen LogP contribution >= 0.6 is 12.4 Å². The lowest BCUT2D eigenvalue weighted by molar-refractivity contribution is 0.0927. The number of hydrogen-bond donors (Lipinski definition) is 3. The first-order valence-corrected chi connectivity index (χ1v) is 6.60. The molecule has 1 saturated heterocycles. The minimum Gasteiger partial charge on any atom is -0.391 e. The highest BCUT2D eigenvalue weighted by Gasteiger charge is 2.25. The van der Waals surface area contributed by atoms with Crippen molar-refractivity contribution in [3.63, 3.8) is 0 Å². The molecule has 1 amide bonds. The van der Waals surface area contributed by atoms with E-state index in [4.69, 9.17) is 0 Å². The van der Waals surface area contributed by atoms with Gasteiger partial charge in [0.15, 0.2) is 0 Å². The van der Waals surface area contributed by atoms with Gasteiger partial charge in [-0.3, -0.25) is 9.48 Å². The zero-order valence-electron chi connectivity index (χ0n) is 12.1. The standard InChI is InChI=1S/C13H22N4O2.ClH/c1-13(2,3)17-8-10(6-16-17)12(19)15-5-9-4-14-7-11(9)18;/h6,8-9,11,14,18H,4-5,7H2,1-3H3,(H,15,19);1H. The Morgan fingerprint density at radius 3 is 2.75 bits per heavy atom. The van der Waals surface area contributed by atoms with Gasteiger partial charge >= 0.3 is 0 Å². The molecule has 1 aromatic heterocycles. The molecule has 2 heterocycles.